The van der Waals surface area contributed by atoms with E-state index in [1.54, 1.807) is 0 Å². The summed E-state index contributed by atoms with van der Waals surface area (Å²) in [7, 11) is 0. The molecule has 0 radical (unpaired) electrons. The Bertz CT molecular complexity index is 284. The van der Waals surface area contributed by atoms with Gasteiger partial charge in [-0.05, 0) is 37.6 Å². The Kier molecular flexibility index (Phi) is 6.50. The van der Waals surface area contributed by atoms with E-state index in [2.05, 4.69) is 29.8 Å². The zero-order chi connectivity index (χ0) is 11.8. The van der Waals surface area contributed by atoms with Gasteiger partial charge in [0.25, 0.3) is 0 Å². The van der Waals surface area contributed by atoms with Gasteiger partial charge in [0.05, 0.1) is 12.7 Å². The molecule has 90 valence electrons. The van der Waals surface area contributed by atoms with Crippen molar-refractivity contribution in [1.29, 1.82) is 0 Å². The van der Waals surface area contributed by atoms with Crippen molar-refractivity contribution in [3.05, 3.63) is 28.7 Å². The molecule has 1 aromatic carbocycles. The molecule has 0 saturated heterocycles. The second-order valence-electron chi connectivity index (χ2n) is 3.77. The molecule has 0 aliphatic heterocycles. The quantitative estimate of drug-likeness (QED) is 0.705. The van der Waals surface area contributed by atoms with E-state index in [1.807, 2.05) is 24.3 Å². The maximum Gasteiger partial charge on any atom is 0.119 e. The summed E-state index contributed by atoms with van der Waals surface area (Å²) in [6.07, 6.45) is 2.60. The molecular formula is C13H19BrO2. The SMILES string of the molecule is CCCC(C)OCCOc1ccc(Br)cc1. The van der Waals surface area contributed by atoms with Crippen LogP contribution in [0.2, 0.25) is 0 Å². The summed E-state index contributed by atoms with van der Waals surface area (Å²) in [4.78, 5) is 0. The Morgan fingerprint density at radius 1 is 1.19 bits per heavy atom. The van der Waals surface area contributed by atoms with Gasteiger partial charge in [-0.1, -0.05) is 29.3 Å². The Balaban J connectivity index is 2.13. The highest BCUT2D eigenvalue weighted by atomic mass is 79.9. The Morgan fingerprint density at radius 3 is 2.50 bits per heavy atom. The van der Waals surface area contributed by atoms with E-state index in [0.717, 1.165) is 23.1 Å². The summed E-state index contributed by atoms with van der Waals surface area (Å²) < 4.78 is 12.2. The van der Waals surface area contributed by atoms with Crippen LogP contribution < -0.4 is 4.74 Å². The predicted molar refractivity (Wildman–Crippen MR) is 70.0 cm³/mol. The molecule has 2 nitrogen and oxygen atoms in total. The van der Waals surface area contributed by atoms with Gasteiger partial charge in [0, 0.05) is 4.47 Å². The summed E-state index contributed by atoms with van der Waals surface area (Å²) >= 11 is 3.38. The highest BCUT2D eigenvalue weighted by molar-refractivity contribution is 9.10. The largest absolute Gasteiger partial charge is 0.491 e. The second-order valence-corrected chi connectivity index (χ2v) is 4.69. The van der Waals surface area contributed by atoms with Gasteiger partial charge in [0.15, 0.2) is 0 Å². The van der Waals surface area contributed by atoms with E-state index in [1.165, 1.54) is 0 Å². The Hall–Kier alpha value is -0.540. The van der Waals surface area contributed by atoms with Crippen LogP contribution in [0.1, 0.15) is 26.7 Å². The normalized spacial score (nSPS) is 12.4. The number of ether oxygens (including phenoxy) is 2. The minimum atomic E-state index is 0.332. The van der Waals surface area contributed by atoms with Crippen LogP contribution >= 0.6 is 15.9 Å². The molecule has 1 rings (SSSR count). The number of benzene rings is 1. The first kappa shape index (κ1) is 13.5. The van der Waals surface area contributed by atoms with Crippen molar-refractivity contribution in [2.75, 3.05) is 13.2 Å². The van der Waals surface area contributed by atoms with Gasteiger partial charge in [-0.15, -0.1) is 0 Å². The molecule has 3 heteroatoms. The summed E-state index contributed by atoms with van der Waals surface area (Å²) in [5.41, 5.74) is 0. The van der Waals surface area contributed by atoms with Gasteiger partial charge >= 0.3 is 0 Å². The average molecular weight is 287 g/mol. The van der Waals surface area contributed by atoms with Crippen LogP contribution in [0.15, 0.2) is 28.7 Å². The molecule has 16 heavy (non-hydrogen) atoms. The first-order valence-corrected chi connectivity index (χ1v) is 6.51. The highest BCUT2D eigenvalue weighted by Crippen LogP contribution is 2.15. The Morgan fingerprint density at radius 2 is 1.88 bits per heavy atom. The Labute approximate surface area is 106 Å². The molecule has 0 saturated carbocycles. The van der Waals surface area contributed by atoms with Crippen molar-refractivity contribution in [2.45, 2.75) is 32.8 Å². The van der Waals surface area contributed by atoms with Crippen LogP contribution in [-0.2, 0) is 4.74 Å². The summed E-state index contributed by atoms with van der Waals surface area (Å²) in [6, 6.07) is 7.82. The van der Waals surface area contributed by atoms with Gasteiger partial charge in [0.1, 0.15) is 12.4 Å². The number of hydrogen-bond acceptors (Lipinski definition) is 2. The van der Waals surface area contributed by atoms with Crippen LogP contribution in [-0.4, -0.2) is 19.3 Å². The van der Waals surface area contributed by atoms with E-state index < -0.39 is 0 Å². The van der Waals surface area contributed by atoms with E-state index in [0.29, 0.717) is 19.3 Å². The predicted octanol–water partition coefficient (Wildman–Crippen LogP) is 4.03. The maximum absolute atomic E-state index is 5.59. The lowest BCUT2D eigenvalue weighted by Gasteiger charge is -2.12. The zero-order valence-corrected chi connectivity index (χ0v) is 11.5. The molecule has 0 fully saturated rings. The van der Waals surface area contributed by atoms with Crippen molar-refractivity contribution in [2.24, 2.45) is 0 Å². The van der Waals surface area contributed by atoms with Crippen molar-refractivity contribution in [3.63, 3.8) is 0 Å². The van der Waals surface area contributed by atoms with E-state index >= 15 is 0 Å². The van der Waals surface area contributed by atoms with Crippen LogP contribution in [0.25, 0.3) is 0 Å². The molecule has 1 atom stereocenters. The lowest BCUT2D eigenvalue weighted by atomic mass is 10.2. The van der Waals surface area contributed by atoms with Crippen molar-refractivity contribution in [1.82, 2.24) is 0 Å². The third kappa shape index (κ3) is 5.52. The van der Waals surface area contributed by atoms with Crippen molar-refractivity contribution >= 4 is 15.9 Å². The van der Waals surface area contributed by atoms with Crippen LogP contribution in [0.5, 0.6) is 5.75 Å². The average Bonchev–Trinajstić information content (AvgIpc) is 2.27. The monoisotopic (exact) mass is 286 g/mol. The van der Waals surface area contributed by atoms with Gasteiger partial charge < -0.3 is 9.47 Å². The minimum absolute atomic E-state index is 0.332. The maximum atomic E-state index is 5.59. The molecule has 0 bridgehead atoms. The third-order valence-corrected chi connectivity index (χ3v) is 2.79. The molecule has 0 aliphatic rings. The molecule has 0 aliphatic carbocycles. The number of halogens is 1. The highest BCUT2D eigenvalue weighted by Gasteiger charge is 2.00. The summed E-state index contributed by atoms with van der Waals surface area (Å²) in [6.45, 7) is 5.52. The second kappa shape index (κ2) is 7.69. The fourth-order valence-electron chi connectivity index (χ4n) is 1.43. The first-order valence-electron chi connectivity index (χ1n) is 5.72. The van der Waals surface area contributed by atoms with E-state index in [9.17, 15) is 0 Å². The van der Waals surface area contributed by atoms with Crippen LogP contribution in [0.4, 0.5) is 0 Å². The van der Waals surface area contributed by atoms with Gasteiger partial charge in [-0.2, -0.15) is 0 Å². The van der Waals surface area contributed by atoms with Gasteiger partial charge in [0.2, 0.25) is 0 Å². The van der Waals surface area contributed by atoms with Crippen LogP contribution in [0, 0.1) is 0 Å². The fourth-order valence-corrected chi connectivity index (χ4v) is 1.69. The van der Waals surface area contributed by atoms with E-state index in [4.69, 9.17) is 9.47 Å². The lowest BCUT2D eigenvalue weighted by Crippen LogP contribution is -2.13. The first-order chi connectivity index (χ1) is 7.72. The van der Waals surface area contributed by atoms with Gasteiger partial charge in [-0.25, -0.2) is 0 Å². The topological polar surface area (TPSA) is 18.5 Å². The fraction of sp³-hybridized carbons (Fsp3) is 0.538. The third-order valence-electron chi connectivity index (χ3n) is 2.26. The molecule has 1 unspecified atom stereocenters. The molecule has 0 spiro atoms. The molecule has 0 N–H and O–H groups in total. The molecular weight excluding hydrogens is 268 g/mol. The van der Waals surface area contributed by atoms with E-state index in [-0.39, 0.29) is 0 Å². The molecule has 0 aromatic heterocycles. The van der Waals surface area contributed by atoms with Crippen molar-refractivity contribution < 1.29 is 9.47 Å². The molecule has 0 amide bonds. The van der Waals surface area contributed by atoms with Crippen LogP contribution in [0.3, 0.4) is 0 Å². The zero-order valence-electron chi connectivity index (χ0n) is 9.91. The smallest absolute Gasteiger partial charge is 0.119 e. The number of rotatable bonds is 7. The minimum Gasteiger partial charge on any atom is -0.491 e. The van der Waals surface area contributed by atoms with Gasteiger partial charge in [-0.3, -0.25) is 0 Å². The summed E-state index contributed by atoms with van der Waals surface area (Å²) in [5.74, 6) is 0.884. The summed E-state index contributed by atoms with van der Waals surface area (Å²) in [5, 5.41) is 0. The molecule has 0 heterocycles. The standard InChI is InChI=1S/C13H19BrO2/c1-3-4-11(2)15-9-10-16-13-7-5-12(14)6-8-13/h5-8,11H,3-4,9-10H2,1-2H3. The van der Waals surface area contributed by atoms with Crippen molar-refractivity contribution in [3.8, 4) is 5.75 Å². The molecule has 1 aromatic rings. The number of hydrogen-bond donors (Lipinski definition) is 0. The lowest BCUT2D eigenvalue weighted by molar-refractivity contribution is 0.0395.